The van der Waals surface area contributed by atoms with Crippen LogP contribution in [0.25, 0.3) is 0 Å². The minimum absolute atomic E-state index is 0.0741. The van der Waals surface area contributed by atoms with Crippen molar-refractivity contribution in [3.05, 3.63) is 0 Å². The molecule has 10 heavy (non-hydrogen) atoms. The Bertz CT molecular complexity index is 136. The van der Waals surface area contributed by atoms with Gasteiger partial charge in [0.25, 0.3) is 0 Å². The van der Waals surface area contributed by atoms with E-state index in [2.05, 4.69) is 5.32 Å². The van der Waals surface area contributed by atoms with E-state index in [0.717, 1.165) is 19.3 Å². The van der Waals surface area contributed by atoms with Gasteiger partial charge < -0.3 is 11.1 Å². The molecule has 2 atom stereocenters. The van der Waals surface area contributed by atoms with Crippen molar-refractivity contribution >= 4 is 5.91 Å². The van der Waals surface area contributed by atoms with Crippen molar-refractivity contribution in [2.24, 2.45) is 11.7 Å². The molecular formula is C7H14N2O. The average molecular weight is 142 g/mol. The zero-order valence-electron chi connectivity index (χ0n) is 6.26. The zero-order chi connectivity index (χ0) is 7.56. The zero-order valence-corrected chi connectivity index (χ0v) is 6.26. The van der Waals surface area contributed by atoms with Gasteiger partial charge in [-0.2, -0.15) is 0 Å². The first-order chi connectivity index (χ1) is 4.75. The van der Waals surface area contributed by atoms with Gasteiger partial charge in [0, 0.05) is 6.04 Å². The molecule has 58 valence electrons. The van der Waals surface area contributed by atoms with E-state index >= 15 is 0 Å². The lowest BCUT2D eigenvalue weighted by Gasteiger charge is -2.14. The van der Waals surface area contributed by atoms with E-state index in [4.69, 9.17) is 5.73 Å². The number of primary amides is 1. The SMILES string of the molecule is CN[C@H]1CCC[C@@H]1C(N)=O. The number of hydrogen-bond donors (Lipinski definition) is 2. The normalized spacial score (nSPS) is 32.5. The molecule has 1 aliphatic carbocycles. The summed E-state index contributed by atoms with van der Waals surface area (Å²) in [6, 6.07) is 0.331. The Morgan fingerprint density at radius 1 is 1.60 bits per heavy atom. The molecule has 0 radical (unpaired) electrons. The number of nitrogens with one attached hydrogen (secondary N) is 1. The molecule has 1 aliphatic rings. The van der Waals surface area contributed by atoms with Crippen LogP contribution in [0.2, 0.25) is 0 Å². The predicted molar refractivity (Wildman–Crippen MR) is 39.4 cm³/mol. The molecule has 0 unspecified atom stereocenters. The van der Waals surface area contributed by atoms with Crippen LogP contribution in [0, 0.1) is 5.92 Å². The highest BCUT2D eigenvalue weighted by Crippen LogP contribution is 2.24. The molecular weight excluding hydrogens is 128 g/mol. The lowest BCUT2D eigenvalue weighted by atomic mass is 10.0. The van der Waals surface area contributed by atoms with Crippen LogP contribution in [0.3, 0.4) is 0 Å². The summed E-state index contributed by atoms with van der Waals surface area (Å²) in [6.45, 7) is 0. The molecule has 0 spiro atoms. The minimum atomic E-state index is -0.156. The molecule has 1 fully saturated rings. The largest absolute Gasteiger partial charge is 0.369 e. The van der Waals surface area contributed by atoms with E-state index in [9.17, 15) is 4.79 Å². The van der Waals surface area contributed by atoms with Crippen LogP contribution in [-0.2, 0) is 4.79 Å². The Balaban J connectivity index is 2.50. The third kappa shape index (κ3) is 1.29. The van der Waals surface area contributed by atoms with Gasteiger partial charge in [-0.1, -0.05) is 6.42 Å². The first-order valence-electron chi connectivity index (χ1n) is 3.72. The predicted octanol–water partition coefficient (Wildman–Crippen LogP) is -0.140. The van der Waals surface area contributed by atoms with Crippen molar-refractivity contribution in [3.8, 4) is 0 Å². The van der Waals surface area contributed by atoms with Gasteiger partial charge in [-0.05, 0) is 19.9 Å². The summed E-state index contributed by atoms with van der Waals surface area (Å²) in [5.74, 6) is -0.0816. The van der Waals surface area contributed by atoms with Gasteiger partial charge in [0.2, 0.25) is 5.91 Å². The number of carbonyl (C=O) groups is 1. The molecule has 1 amide bonds. The van der Waals surface area contributed by atoms with Gasteiger partial charge in [-0.25, -0.2) is 0 Å². The Kier molecular flexibility index (Phi) is 2.27. The van der Waals surface area contributed by atoms with E-state index in [1.54, 1.807) is 0 Å². The van der Waals surface area contributed by atoms with Crippen LogP contribution >= 0.6 is 0 Å². The monoisotopic (exact) mass is 142 g/mol. The summed E-state index contributed by atoms with van der Waals surface area (Å²) < 4.78 is 0. The third-order valence-corrected chi connectivity index (χ3v) is 2.25. The Morgan fingerprint density at radius 2 is 2.30 bits per heavy atom. The summed E-state index contributed by atoms with van der Waals surface area (Å²) in [5, 5.41) is 3.09. The summed E-state index contributed by atoms with van der Waals surface area (Å²) in [7, 11) is 1.88. The quantitative estimate of drug-likeness (QED) is 0.564. The van der Waals surface area contributed by atoms with E-state index in [1.165, 1.54) is 0 Å². The van der Waals surface area contributed by atoms with Crippen LogP contribution in [-0.4, -0.2) is 19.0 Å². The van der Waals surface area contributed by atoms with Crippen LogP contribution < -0.4 is 11.1 Å². The Morgan fingerprint density at radius 3 is 2.70 bits per heavy atom. The van der Waals surface area contributed by atoms with Crippen molar-refractivity contribution in [1.82, 2.24) is 5.32 Å². The number of rotatable bonds is 2. The third-order valence-electron chi connectivity index (χ3n) is 2.25. The fraction of sp³-hybridized carbons (Fsp3) is 0.857. The number of amides is 1. The highest BCUT2D eigenvalue weighted by atomic mass is 16.1. The van der Waals surface area contributed by atoms with Crippen molar-refractivity contribution < 1.29 is 4.79 Å². The van der Waals surface area contributed by atoms with Gasteiger partial charge >= 0.3 is 0 Å². The van der Waals surface area contributed by atoms with Crippen molar-refractivity contribution in [2.45, 2.75) is 25.3 Å². The minimum Gasteiger partial charge on any atom is -0.369 e. The number of nitrogens with two attached hydrogens (primary N) is 1. The molecule has 0 aromatic rings. The highest BCUT2D eigenvalue weighted by Gasteiger charge is 2.29. The van der Waals surface area contributed by atoms with Gasteiger partial charge in [0.1, 0.15) is 0 Å². The Labute approximate surface area is 61.0 Å². The maximum absolute atomic E-state index is 10.8. The first-order valence-corrected chi connectivity index (χ1v) is 3.72. The van der Waals surface area contributed by atoms with Crippen LogP contribution in [0.1, 0.15) is 19.3 Å². The second kappa shape index (κ2) is 3.01. The molecule has 0 saturated heterocycles. The maximum Gasteiger partial charge on any atom is 0.222 e. The molecule has 1 rings (SSSR count). The maximum atomic E-state index is 10.8. The van der Waals surface area contributed by atoms with Crippen molar-refractivity contribution in [3.63, 3.8) is 0 Å². The molecule has 0 heterocycles. The van der Waals surface area contributed by atoms with Crippen LogP contribution in [0.5, 0.6) is 0 Å². The average Bonchev–Trinajstić information content (AvgIpc) is 2.33. The molecule has 0 aliphatic heterocycles. The topological polar surface area (TPSA) is 55.1 Å². The Hall–Kier alpha value is -0.570. The molecule has 0 aromatic carbocycles. The van der Waals surface area contributed by atoms with Gasteiger partial charge in [0.15, 0.2) is 0 Å². The van der Waals surface area contributed by atoms with Crippen LogP contribution in [0.4, 0.5) is 0 Å². The van der Waals surface area contributed by atoms with E-state index in [1.807, 2.05) is 7.05 Å². The summed E-state index contributed by atoms with van der Waals surface area (Å²) >= 11 is 0. The fourth-order valence-electron chi connectivity index (χ4n) is 1.65. The summed E-state index contributed by atoms with van der Waals surface area (Å²) in [6.07, 6.45) is 3.17. The standard InChI is InChI=1S/C7H14N2O/c1-9-6-4-2-3-5(6)7(8)10/h5-6,9H,2-4H2,1H3,(H2,8,10)/t5-,6-/m0/s1. The van der Waals surface area contributed by atoms with E-state index in [0.29, 0.717) is 6.04 Å². The van der Waals surface area contributed by atoms with Gasteiger partial charge in [0.05, 0.1) is 5.92 Å². The van der Waals surface area contributed by atoms with Crippen molar-refractivity contribution in [1.29, 1.82) is 0 Å². The van der Waals surface area contributed by atoms with E-state index in [-0.39, 0.29) is 11.8 Å². The lowest BCUT2D eigenvalue weighted by Crippen LogP contribution is -2.37. The molecule has 3 heteroatoms. The van der Waals surface area contributed by atoms with Gasteiger partial charge in [-0.15, -0.1) is 0 Å². The highest BCUT2D eigenvalue weighted by molar-refractivity contribution is 5.77. The van der Waals surface area contributed by atoms with Gasteiger partial charge in [-0.3, -0.25) is 4.79 Å². The lowest BCUT2D eigenvalue weighted by molar-refractivity contribution is -0.122. The summed E-state index contributed by atoms with van der Waals surface area (Å²) in [5.41, 5.74) is 5.18. The molecule has 3 N–H and O–H groups in total. The molecule has 1 saturated carbocycles. The smallest absolute Gasteiger partial charge is 0.222 e. The molecule has 3 nitrogen and oxygen atoms in total. The molecule has 0 bridgehead atoms. The second-order valence-corrected chi connectivity index (χ2v) is 2.83. The van der Waals surface area contributed by atoms with E-state index < -0.39 is 0 Å². The summed E-state index contributed by atoms with van der Waals surface area (Å²) in [4.78, 5) is 10.8. The number of carbonyl (C=O) groups excluding carboxylic acids is 1. The molecule has 0 aromatic heterocycles. The van der Waals surface area contributed by atoms with Crippen molar-refractivity contribution in [2.75, 3.05) is 7.05 Å². The number of hydrogen-bond acceptors (Lipinski definition) is 2. The fourth-order valence-corrected chi connectivity index (χ4v) is 1.65. The second-order valence-electron chi connectivity index (χ2n) is 2.83. The first kappa shape index (κ1) is 7.54. The van der Waals surface area contributed by atoms with Crippen LogP contribution in [0.15, 0.2) is 0 Å².